The molecule has 0 aromatic carbocycles. The Morgan fingerprint density at radius 1 is 1.20 bits per heavy atom. The Morgan fingerprint density at radius 2 is 2.00 bits per heavy atom. The summed E-state index contributed by atoms with van der Waals surface area (Å²) in [5.41, 5.74) is 2.60. The molecule has 77 valence electrons. The largest absolute Gasteiger partial charge is 0.435 e. The van der Waals surface area contributed by atoms with Gasteiger partial charge in [0, 0.05) is 23.5 Å². The van der Waals surface area contributed by atoms with Crippen LogP contribution in [0.15, 0.2) is 35.8 Å². The lowest BCUT2D eigenvalue weighted by molar-refractivity contribution is -0.0572. The first-order valence-corrected chi connectivity index (χ1v) is 4.05. The molecule has 1 aromatic rings. The zero-order valence-electron chi connectivity index (χ0n) is 7.36. The highest BCUT2D eigenvalue weighted by Crippen LogP contribution is 2.29. The molecule has 0 unspecified atom stereocenters. The Kier molecular flexibility index (Phi) is 2.18. The fourth-order valence-electron chi connectivity index (χ4n) is 1.20. The highest BCUT2D eigenvalue weighted by Gasteiger charge is 2.40. The number of pyridine rings is 1. The summed E-state index contributed by atoms with van der Waals surface area (Å²) in [6, 6.07) is 3.09. The molecule has 1 aliphatic rings. The fraction of sp³-hybridized carbons (Fsp3) is 0.111. The van der Waals surface area contributed by atoms with Crippen molar-refractivity contribution in [2.75, 3.05) is 0 Å². The van der Waals surface area contributed by atoms with E-state index in [0.717, 1.165) is 6.20 Å². The van der Waals surface area contributed by atoms with Crippen molar-refractivity contribution in [2.24, 2.45) is 5.10 Å². The maximum absolute atomic E-state index is 12.4. The molecule has 6 heteroatoms. The molecule has 0 saturated carbocycles. The van der Waals surface area contributed by atoms with Crippen LogP contribution in [0.5, 0.6) is 0 Å². The first-order valence-electron chi connectivity index (χ1n) is 4.05. The molecule has 2 heterocycles. The van der Waals surface area contributed by atoms with Crippen LogP contribution in [0, 0.1) is 0 Å². The van der Waals surface area contributed by atoms with Crippen molar-refractivity contribution in [3.63, 3.8) is 0 Å². The second-order valence-electron chi connectivity index (χ2n) is 2.85. The van der Waals surface area contributed by atoms with E-state index in [0.29, 0.717) is 5.56 Å². The molecule has 0 bridgehead atoms. The predicted molar refractivity (Wildman–Crippen MR) is 47.8 cm³/mol. The third-order valence-corrected chi connectivity index (χ3v) is 1.84. The predicted octanol–water partition coefficient (Wildman–Crippen LogP) is 1.96. The lowest BCUT2D eigenvalue weighted by Crippen LogP contribution is -2.22. The summed E-state index contributed by atoms with van der Waals surface area (Å²) in [7, 11) is 0. The Morgan fingerprint density at radius 3 is 2.60 bits per heavy atom. The third kappa shape index (κ3) is 1.83. The van der Waals surface area contributed by atoms with Crippen molar-refractivity contribution in [1.29, 1.82) is 0 Å². The van der Waals surface area contributed by atoms with Gasteiger partial charge in [-0.15, -0.1) is 5.10 Å². The van der Waals surface area contributed by atoms with Gasteiger partial charge in [-0.25, -0.2) is 0 Å². The van der Waals surface area contributed by atoms with Gasteiger partial charge < -0.3 is 0 Å². The molecule has 0 atom stereocenters. The van der Waals surface area contributed by atoms with Crippen LogP contribution in [0.4, 0.5) is 13.2 Å². The highest BCUT2D eigenvalue weighted by atomic mass is 19.4. The number of hydrogen-bond donors (Lipinski definition) is 0. The molecule has 3 nitrogen and oxygen atoms in total. The van der Waals surface area contributed by atoms with Crippen molar-refractivity contribution >= 4 is 11.3 Å². The van der Waals surface area contributed by atoms with Crippen molar-refractivity contribution < 1.29 is 13.2 Å². The SMILES string of the molecule is FC(F)(F)C1=N[N]C=C1c1cccnc1. The molecule has 0 N–H and O–H groups in total. The summed E-state index contributed by atoms with van der Waals surface area (Å²) in [6.45, 7) is 0. The number of alkyl halides is 3. The number of allylic oxidation sites excluding steroid dienone is 1. The van der Waals surface area contributed by atoms with Gasteiger partial charge in [0.1, 0.15) is 0 Å². The Balaban J connectivity index is 2.37. The van der Waals surface area contributed by atoms with Crippen LogP contribution in [0.25, 0.3) is 5.57 Å². The maximum Gasteiger partial charge on any atom is 0.435 e. The monoisotopic (exact) mass is 212 g/mol. The molecular weight excluding hydrogens is 207 g/mol. The van der Waals surface area contributed by atoms with E-state index in [1.807, 2.05) is 0 Å². The standard InChI is InChI=1S/C9H5F3N3/c10-9(11,12)8-7(5-14-15-8)6-2-1-3-13-4-6/h1-5H. The minimum absolute atomic E-state index is 0.0457. The zero-order valence-corrected chi connectivity index (χ0v) is 7.36. The summed E-state index contributed by atoms with van der Waals surface area (Å²) in [4.78, 5) is 3.74. The first kappa shape index (κ1) is 9.70. The van der Waals surface area contributed by atoms with E-state index in [4.69, 9.17) is 0 Å². The highest BCUT2D eigenvalue weighted by molar-refractivity contribution is 6.27. The number of hydrogen-bond acceptors (Lipinski definition) is 2. The Labute approximate surface area is 83.3 Å². The molecule has 0 amide bonds. The van der Waals surface area contributed by atoms with E-state index in [1.54, 1.807) is 6.07 Å². The van der Waals surface area contributed by atoms with Gasteiger partial charge in [0.15, 0.2) is 5.71 Å². The van der Waals surface area contributed by atoms with E-state index in [2.05, 4.69) is 15.5 Å². The quantitative estimate of drug-likeness (QED) is 0.701. The third-order valence-electron chi connectivity index (χ3n) is 1.84. The normalized spacial score (nSPS) is 15.7. The van der Waals surface area contributed by atoms with Crippen LogP contribution in [-0.4, -0.2) is 16.9 Å². The van der Waals surface area contributed by atoms with Crippen LogP contribution in [0.2, 0.25) is 0 Å². The molecule has 15 heavy (non-hydrogen) atoms. The van der Waals surface area contributed by atoms with Crippen molar-refractivity contribution in [1.82, 2.24) is 10.4 Å². The van der Waals surface area contributed by atoms with Crippen LogP contribution < -0.4 is 5.43 Å². The van der Waals surface area contributed by atoms with Gasteiger partial charge in [0.05, 0.1) is 6.20 Å². The summed E-state index contributed by atoms with van der Waals surface area (Å²) >= 11 is 0. The van der Waals surface area contributed by atoms with Crippen LogP contribution in [-0.2, 0) is 0 Å². The molecule has 2 rings (SSSR count). The van der Waals surface area contributed by atoms with Gasteiger partial charge in [-0.1, -0.05) is 6.07 Å². The molecule has 1 radical (unpaired) electrons. The average Bonchev–Trinajstić information content (AvgIpc) is 2.67. The van der Waals surface area contributed by atoms with Crippen LogP contribution in [0.3, 0.4) is 0 Å². The first-order chi connectivity index (χ1) is 7.09. The van der Waals surface area contributed by atoms with E-state index in [1.165, 1.54) is 18.5 Å². The summed E-state index contributed by atoms with van der Waals surface area (Å²) in [6.07, 6.45) is -0.573. The number of rotatable bonds is 1. The van der Waals surface area contributed by atoms with Gasteiger partial charge in [0.25, 0.3) is 0 Å². The molecule has 0 fully saturated rings. The van der Waals surface area contributed by atoms with Crippen LogP contribution in [0.1, 0.15) is 5.56 Å². The molecular formula is C9H5F3N3. The van der Waals surface area contributed by atoms with Crippen molar-refractivity contribution in [3.8, 4) is 0 Å². The maximum atomic E-state index is 12.4. The fourth-order valence-corrected chi connectivity index (χ4v) is 1.20. The number of halogens is 3. The van der Waals surface area contributed by atoms with E-state index in [9.17, 15) is 13.2 Å². The van der Waals surface area contributed by atoms with Gasteiger partial charge in [-0.2, -0.15) is 18.6 Å². The van der Waals surface area contributed by atoms with Crippen molar-refractivity contribution in [3.05, 3.63) is 36.3 Å². The molecule has 1 aliphatic heterocycles. The Bertz CT molecular complexity index is 420. The van der Waals surface area contributed by atoms with Gasteiger partial charge in [0.2, 0.25) is 0 Å². The summed E-state index contributed by atoms with van der Waals surface area (Å²) in [5, 5.41) is 3.06. The molecule has 1 aromatic heterocycles. The van der Waals surface area contributed by atoms with Crippen molar-refractivity contribution in [2.45, 2.75) is 6.18 Å². The van der Waals surface area contributed by atoms with E-state index in [-0.39, 0.29) is 5.57 Å². The van der Waals surface area contributed by atoms with Gasteiger partial charge >= 0.3 is 6.18 Å². The lowest BCUT2D eigenvalue weighted by Gasteiger charge is -2.08. The van der Waals surface area contributed by atoms with Crippen LogP contribution >= 0.6 is 0 Å². The summed E-state index contributed by atoms with van der Waals surface area (Å²) in [5.74, 6) is 0. The topological polar surface area (TPSA) is 39.4 Å². The lowest BCUT2D eigenvalue weighted by atomic mass is 10.0. The molecule has 0 spiro atoms. The Hall–Kier alpha value is -1.85. The minimum atomic E-state index is -4.48. The van der Waals surface area contributed by atoms with Gasteiger partial charge in [-0.05, 0) is 6.07 Å². The van der Waals surface area contributed by atoms with E-state index < -0.39 is 11.9 Å². The van der Waals surface area contributed by atoms with Gasteiger partial charge in [-0.3, -0.25) is 4.98 Å². The average molecular weight is 212 g/mol. The second kappa shape index (κ2) is 3.38. The summed E-state index contributed by atoms with van der Waals surface area (Å²) < 4.78 is 37.3. The minimum Gasteiger partial charge on any atom is -0.264 e. The van der Waals surface area contributed by atoms with E-state index >= 15 is 0 Å². The number of nitrogens with zero attached hydrogens (tertiary/aromatic N) is 3. The smallest absolute Gasteiger partial charge is 0.264 e. The number of aromatic nitrogens is 1. The molecule has 0 aliphatic carbocycles. The zero-order chi connectivity index (χ0) is 10.9. The molecule has 0 saturated heterocycles. The second-order valence-corrected chi connectivity index (χ2v) is 2.85.